The number of morpholine rings is 1. The molecule has 4 heteroatoms. The third-order valence-corrected chi connectivity index (χ3v) is 2.17. The van der Waals surface area contributed by atoms with Crippen LogP contribution in [0.2, 0.25) is 0 Å². The molecule has 76 valence electrons. The standard InChI is InChI=1S/C10H14N2O2/c1-13-9-3-2-4-11-10(9)12-5-7-14-8-6-12/h2-4H,5-8H2,1H3/i1D3. The lowest BCUT2D eigenvalue weighted by Gasteiger charge is -2.28. The van der Waals surface area contributed by atoms with Gasteiger partial charge in [0.2, 0.25) is 0 Å². The number of hydrogen-bond acceptors (Lipinski definition) is 4. The first-order chi connectivity index (χ1) is 8.06. The van der Waals surface area contributed by atoms with E-state index in [0.29, 0.717) is 32.1 Å². The largest absolute Gasteiger partial charge is 0.493 e. The maximum absolute atomic E-state index is 7.12. The van der Waals surface area contributed by atoms with Gasteiger partial charge >= 0.3 is 0 Å². The molecule has 1 aliphatic heterocycles. The Morgan fingerprint density at radius 2 is 2.43 bits per heavy atom. The SMILES string of the molecule is [2H]C([2H])([2H])Oc1cccnc1N1CCOCC1. The molecule has 0 atom stereocenters. The van der Waals surface area contributed by atoms with Crippen molar-refractivity contribution in [2.24, 2.45) is 0 Å². The minimum atomic E-state index is -2.45. The van der Waals surface area contributed by atoms with Crippen molar-refractivity contribution in [3.05, 3.63) is 18.3 Å². The number of rotatable bonds is 2. The van der Waals surface area contributed by atoms with Crippen LogP contribution >= 0.6 is 0 Å². The summed E-state index contributed by atoms with van der Waals surface area (Å²) in [7, 11) is -2.45. The molecule has 0 unspecified atom stereocenters. The lowest BCUT2D eigenvalue weighted by Crippen LogP contribution is -2.36. The third kappa shape index (κ3) is 1.80. The summed E-state index contributed by atoms with van der Waals surface area (Å²) >= 11 is 0. The summed E-state index contributed by atoms with van der Waals surface area (Å²) in [5.41, 5.74) is 0. The quantitative estimate of drug-likeness (QED) is 0.706. The molecule has 0 bridgehead atoms. The highest BCUT2D eigenvalue weighted by Crippen LogP contribution is 2.24. The molecule has 1 aliphatic rings. The van der Waals surface area contributed by atoms with Gasteiger partial charge in [0.1, 0.15) is 0 Å². The Bertz CT molecular complexity index is 378. The molecule has 0 radical (unpaired) electrons. The summed E-state index contributed by atoms with van der Waals surface area (Å²) in [6, 6.07) is 3.27. The van der Waals surface area contributed by atoms with Crippen LogP contribution in [0.3, 0.4) is 0 Å². The Morgan fingerprint density at radius 3 is 3.21 bits per heavy atom. The van der Waals surface area contributed by atoms with Crippen molar-refractivity contribution >= 4 is 5.82 Å². The average molecular weight is 197 g/mol. The van der Waals surface area contributed by atoms with Crippen LogP contribution in [0.25, 0.3) is 0 Å². The Morgan fingerprint density at radius 1 is 1.57 bits per heavy atom. The molecule has 0 amide bonds. The number of aromatic nitrogens is 1. The highest BCUT2D eigenvalue weighted by atomic mass is 16.5. The molecule has 0 spiro atoms. The van der Waals surface area contributed by atoms with Gasteiger partial charge in [-0.05, 0) is 12.1 Å². The Hall–Kier alpha value is -1.29. The second-order valence-electron chi connectivity index (χ2n) is 3.03. The number of hydrogen-bond donors (Lipinski definition) is 0. The minimum absolute atomic E-state index is 0.286. The number of methoxy groups -OCH3 is 1. The van der Waals surface area contributed by atoms with E-state index in [4.69, 9.17) is 13.6 Å². The van der Waals surface area contributed by atoms with E-state index < -0.39 is 7.04 Å². The van der Waals surface area contributed by atoms with Crippen molar-refractivity contribution in [1.82, 2.24) is 4.98 Å². The lowest BCUT2D eigenvalue weighted by atomic mass is 10.3. The van der Waals surface area contributed by atoms with Crippen molar-refractivity contribution in [3.8, 4) is 5.75 Å². The second kappa shape index (κ2) is 4.28. The van der Waals surface area contributed by atoms with E-state index in [-0.39, 0.29) is 5.75 Å². The normalized spacial score (nSPS) is 20.9. The van der Waals surface area contributed by atoms with Gasteiger partial charge in [0, 0.05) is 19.3 Å². The highest BCUT2D eigenvalue weighted by molar-refractivity contribution is 5.52. The topological polar surface area (TPSA) is 34.6 Å². The van der Waals surface area contributed by atoms with Crippen LogP contribution in [-0.4, -0.2) is 38.3 Å². The van der Waals surface area contributed by atoms with Crippen LogP contribution in [0.15, 0.2) is 18.3 Å². The number of anilines is 1. The first kappa shape index (κ1) is 6.24. The van der Waals surface area contributed by atoms with Crippen LogP contribution in [-0.2, 0) is 4.74 Å². The van der Waals surface area contributed by atoms with Crippen LogP contribution in [0.4, 0.5) is 5.82 Å². The third-order valence-electron chi connectivity index (χ3n) is 2.17. The fraction of sp³-hybridized carbons (Fsp3) is 0.500. The van der Waals surface area contributed by atoms with E-state index in [1.165, 1.54) is 0 Å². The highest BCUT2D eigenvalue weighted by Gasteiger charge is 2.15. The number of nitrogens with zero attached hydrogens (tertiary/aromatic N) is 2. The maximum Gasteiger partial charge on any atom is 0.171 e. The smallest absolute Gasteiger partial charge is 0.171 e. The summed E-state index contributed by atoms with van der Waals surface area (Å²) in [6.07, 6.45) is 1.62. The molecule has 0 aliphatic carbocycles. The van der Waals surface area contributed by atoms with Gasteiger partial charge in [-0.3, -0.25) is 0 Å². The van der Waals surface area contributed by atoms with Gasteiger partial charge < -0.3 is 14.4 Å². The molecule has 2 rings (SSSR count). The van der Waals surface area contributed by atoms with E-state index >= 15 is 0 Å². The van der Waals surface area contributed by atoms with Gasteiger partial charge in [-0.1, -0.05) is 0 Å². The van der Waals surface area contributed by atoms with E-state index in [9.17, 15) is 0 Å². The van der Waals surface area contributed by atoms with Gasteiger partial charge in [-0.15, -0.1) is 0 Å². The Kier molecular flexibility index (Phi) is 1.91. The first-order valence-electron chi connectivity index (χ1n) is 6.03. The van der Waals surface area contributed by atoms with E-state index in [1.54, 1.807) is 18.3 Å². The van der Waals surface area contributed by atoms with Crippen molar-refractivity contribution < 1.29 is 13.6 Å². The van der Waals surface area contributed by atoms with Gasteiger partial charge in [0.15, 0.2) is 11.6 Å². The molecule has 2 heterocycles. The van der Waals surface area contributed by atoms with Crippen molar-refractivity contribution in [3.63, 3.8) is 0 Å². The van der Waals surface area contributed by atoms with Crippen LogP contribution < -0.4 is 9.64 Å². The fourth-order valence-corrected chi connectivity index (χ4v) is 1.47. The summed E-state index contributed by atoms with van der Waals surface area (Å²) < 4.78 is 31.5. The van der Waals surface area contributed by atoms with E-state index in [2.05, 4.69) is 4.98 Å². The van der Waals surface area contributed by atoms with E-state index in [1.807, 2.05) is 4.90 Å². The Balaban J connectivity index is 2.20. The summed E-state index contributed by atoms with van der Waals surface area (Å²) in [5, 5.41) is 0. The average Bonchev–Trinajstić information content (AvgIpc) is 2.29. The summed E-state index contributed by atoms with van der Waals surface area (Å²) in [6.45, 7) is 2.61. The predicted molar refractivity (Wildman–Crippen MR) is 53.8 cm³/mol. The number of ether oxygens (including phenoxy) is 2. The fourth-order valence-electron chi connectivity index (χ4n) is 1.47. The lowest BCUT2D eigenvalue weighted by molar-refractivity contribution is 0.122. The molecule has 1 aromatic heterocycles. The minimum Gasteiger partial charge on any atom is -0.493 e. The van der Waals surface area contributed by atoms with Gasteiger partial charge in [0.05, 0.1) is 24.4 Å². The molecule has 0 aromatic carbocycles. The van der Waals surface area contributed by atoms with Crippen molar-refractivity contribution in [1.29, 1.82) is 0 Å². The first-order valence-corrected chi connectivity index (χ1v) is 4.53. The molecule has 1 fully saturated rings. The Labute approximate surface area is 87.7 Å². The molecular formula is C10H14N2O2. The molecule has 14 heavy (non-hydrogen) atoms. The van der Waals surface area contributed by atoms with Crippen LogP contribution in [0.5, 0.6) is 5.75 Å². The van der Waals surface area contributed by atoms with Crippen LogP contribution in [0.1, 0.15) is 4.11 Å². The van der Waals surface area contributed by atoms with E-state index in [0.717, 1.165) is 0 Å². The molecule has 0 saturated carbocycles. The zero-order chi connectivity index (χ0) is 12.3. The maximum atomic E-state index is 7.12. The monoisotopic (exact) mass is 197 g/mol. The zero-order valence-electron chi connectivity index (χ0n) is 10.8. The number of pyridine rings is 1. The molecule has 1 saturated heterocycles. The summed E-state index contributed by atoms with van der Waals surface area (Å²) in [4.78, 5) is 6.14. The zero-order valence-corrected chi connectivity index (χ0v) is 7.77. The van der Waals surface area contributed by atoms with Crippen molar-refractivity contribution in [2.45, 2.75) is 0 Å². The molecule has 0 N–H and O–H groups in total. The second-order valence-corrected chi connectivity index (χ2v) is 3.03. The van der Waals surface area contributed by atoms with Gasteiger partial charge in [-0.25, -0.2) is 4.98 Å². The van der Waals surface area contributed by atoms with Gasteiger partial charge in [0.25, 0.3) is 0 Å². The molecular weight excluding hydrogens is 180 g/mol. The molecule has 1 aromatic rings. The van der Waals surface area contributed by atoms with Crippen molar-refractivity contribution in [2.75, 3.05) is 38.2 Å². The van der Waals surface area contributed by atoms with Gasteiger partial charge in [-0.2, -0.15) is 0 Å². The molecule has 4 nitrogen and oxygen atoms in total. The van der Waals surface area contributed by atoms with Crippen LogP contribution in [0, 0.1) is 0 Å². The summed E-state index contributed by atoms with van der Waals surface area (Å²) in [5.74, 6) is 0.848. The predicted octanol–water partition coefficient (Wildman–Crippen LogP) is 0.927.